The zero-order valence-electron chi connectivity index (χ0n) is 11.7. The maximum absolute atomic E-state index is 12.4. The van der Waals surface area contributed by atoms with Crippen LogP contribution in [0, 0.1) is 17.8 Å². The summed E-state index contributed by atoms with van der Waals surface area (Å²) in [6, 6.07) is 0.248. The number of amides is 1. The van der Waals surface area contributed by atoms with E-state index in [1.165, 1.54) is 12.8 Å². The van der Waals surface area contributed by atoms with Crippen molar-refractivity contribution in [1.82, 2.24) is 5.32 Å². The fraction of sp³-hybridized carbons (Fsp3) is 0.867. The largest absolute Gasteiger partial charge is 0.481 e. The molecule has 0 spiro atoms. The van der Waals surface area contributed by atoms with Crippen LogP contribution >= 0.6 is 0 Å². The Balaban J connectivity index is 1.95. The summed E-state index contributed by atoms with van der Waals surface area (Å²) >= 11 is 0. The molecule has 4 heteroatoms. The van der Waals surface area contributed by atoms with Crippen molar-refractivity contribution in [3.8, 4) is 0 Å². The normalized spacial score (nSPS) is 35.6. The van der Waals surface area contributed by atoms with Crippen LogP contribution < -0.4 is 5.32 Å². The smallest absolute Gasteiger partial charge is 0.307 e. The maximum atomic E-state index is 12.4. The first kappa shape index (κ1) is 14.4. The number of carbonyl (C=O) groups excluding carboxylic acids is 1. The highest BCUT2D eigenvalue weighted by Gasteiger charge is 2.37. The second-order valence-electron chi connectivity index (χ2n) is 6.21. The van der Waals surface area contributed by atoms with Crippen molar-refractivity contribution in [2.45, 2.75) is 64.3 Å². The Bertz CT molecular complexity index is 342. The van der Waals surface area contributed by atoms with Crippen LogP contribution in [-0.4, -0.2) is 23.0 Å². The van der Waals surface area contributed by atoms with Gasteiger partial charge in [-0.1, -0.05) is 32.6 Å². The van der Waals surface area contributed by atoms with Crippen LogP contribution in [-0.2, 0) is 9.59 Å². The molecule has 0 aromatic heterocycles. The number of carboxylic acids is 1. The van der Waals surface area contributed by atoms with Gasteiger partial charge in [-0.3, -0.25) is 9.59 Å². The second-order valence-corrected chi connectivity index (χ2v) is 6.21. The Morgan fingerprint density at radius 3 is 2.16 bits per heavy atom. The van der Waals surface area contributed by atoms with Crippen molar-refractivity contribution in [3.05, 3.63) is 0 Å². The Hall–Kier alpha value is -1.06. The van der Waals surface area contributed by atoms with Crippen LogP contribution in [0.1, 0.15) is 58.3 Å². The second kappa shape index (κ2) is 6.40. The molecule has 2 fully saturated rings. The van der Waals surface area contributed by atoms with Gasteiger partial charge >= 0.3 is 5.97 Å². The summed E-state index contributed by atoms with van der Waals surface area (Å²) in [6.07, 6.45) is 7.90. The van der Waals surface area contributed by atoms with E-state index in [0.717, 1.165) is 32.1 Å². The molecule has 1 amide bonds. The highest BCUT2D eigenvalue weighted by atomic mass is 16.4. The number of carboxylic acid groups (broad SMARTS) is 1. The van der Waals surface area contributed by atoms with Crippen molar-refractivity contribution >= 4 is 11.9 Å². The molecule has 0 aromatic carbocycles. The Labute approximate surface area is 115 Å². The summed E-state index contributed by atoms with van der Waals surface area (Å²) in [4.78, 5) is 23.6. The van der Waals surface area contributed by atoms with Crippen LogP contribution in [0.25, 0.3) is 0 Å². The van der Waals surface area contributed by atoms with Crippen molar-refractivity contribution in [3.63, 3.8) is 0 Å². The molecule has 2 aliphatic rings. The summed E-state index contributed by atoms with van der Waals surface area (Å²) in [7, 11) is 0. The standard InChI is InChI=1S/C15H25NO3/c1-10-6-2-5-9-13(10)16-14(17)11-7-3-4-8-12(11)15(18)19/h10-13H,2-9H2,1H3,(H,16,17)(H,18,19)/t10-,11-,12-,13+/m1/s1. The zero-order valence-corrected chi connectivity index (χ0v) is 11.7. The van der Waals surface area contributed by atoms with E-state index >= 15 is 0 Å². The van der Waals surface area contributed by atoms with Crippen molar-refractivity contribution in [2.75, 3.05) is 0 Å². The molecule has 4 nitrogen and oxygen atoms in total. The molecule has 2 saturated carbocycles. The molecule has 0 saturated heterocycles. The molecule has 0 radical (unpaired) electrons. The van der Waals surface area contributed by atoms with Crippen LogP contribution in [0.3, 0.4) is 0 Å². The number of rotatable bonds is 3. The minimum atomic E-state index is -0.809. The van der Waals surface area contributed by atoms with E-state index in [2.05, 4.69) is 12.2 Å². The van der Waals surface area contributed by atoms with Gasteiger partial charge in [-0.25, -0.2) is 0 Å². The minimum Gasteiger partial charge on any atom is -0.481 e. The average molecular weight is 267 g/mol. The summed E-state index contributed by atoms with van der Waals surface area (Å²) < 4.78 is 0. The molecule has 4 atom stereocenters. The van der Waals surface area contributed by atoms with E-state index in [9.17, 15) is 14.7 Å². The van der Waals surface area contributed by atoms with Gasteiger partial charge in [-0.15, -0.1) is 0 Å². The van der Waals surface area contributed by atoms with Gasteiger partial charge < -0.3 is 10.4 Å². The van der Waals surface area contributed by atoms with Gasteiger partial charge in [0.15, 0.2) is 0 Å². The summed E-state index contributed by atoms with van der Waals surface area (Å²) in [5.41, 5.74) is 0. The molecule has 2 aliphatic carbocycles. The third-order valence-corrected chi connectivity index (χ3v) is 4.86. The minimum absolute atomic E-state index is 0.0224. The van der Waals surface area contributed by atoms with Crippen LogP contribution in [0.2, 0.25) is 0 Å². The highest BCUT2D eigenvalue weighted by Crippen LogP contribution is 2.31. The van der Waals surface area contributed by atoms with E-state index in [1.54, 1.807) is 0 Å². The third-order valence-electron chi connectivity index (χ3n) is 4.86. The average Bonchev–Trinajstić information content (AvgIpc) is 2.41. The van der Waals surface area contributed by atoms with E-state index in [4.69, 9.17) is 0 Å². The lowest BCUT2D eigenvalue weighted by atomic mass is 9.78. The lowest BCUT2D eigenvalue weighted by molar-refractivity contribution is -0.149. The van der Waals surface area contributed by atoms with E-state index in [1.807, 2.05) is 0 Å². The number of hydrogen-bond donors (Lipinski definition) is 2. The number of carbonyl (C=O) groups is 2. The topological polar surface area (TPSA) is 66.4 Å². The Morgan fingerprint density at radius 1 is 0.947 bits per heavy atom. The molecule has 2 N–H and O–H groups in total. The quantitative estimate of drug-likeness (QED) is 0.826. The van der Waals surface area contributed by atoms with Crippen LogP contribution in [0.5, 0.6) is 0 Å². The molecule has 2 rings (SSSR count). The summed E-state index contributed by atoms with van der Waals surface area (Å²) in [5, 5.41) is 12.4. The van der Waals surface area contributed by atoms with Gasteiger partial charge in [0.25, 0.3) is 0 Å². The van der Waals surface area contributed by atoms with Gasteiger partial charge in [0.05, 0.1) is 11.8 Å². The van der Waals surface area contributed by atoms with Crippen molar-refractivity contribution < 1.29 is 14.7 Å². The number of hydrogen-bond acceptors (Lipinski definition) is 2. The Kier molecular flexibility index (Phi) is 4.83. The molecule has 0 heterocycles. The zero-order chi connectivity index (χ0) is 13.8. The van der Waals surface area contributed by atoms with Gasteiger partial charge in [0.2, 0.25) is 5.91 Å². The monoisotopic (exact) mass is 267 g/mol. The van der Waals surface area contributed by atoms with Crippen molar-refractivity contribution in [2.24, 2.45) is 17.8 Å². The van der Waals surface area contributed by atoms with Gasteiger partial charge in [0.1, 0.15) is 0 Å². The SMILES string of the molecule is C[C@@H]1CCCC[C@@H]1NC(=O)[C@@H]1CCCC[C@H]1C(=O)O. The maximum Gasteiger partial charge on any atom is 0.307 e. The van der Waals surface area contributed by atoms with Crippen LogP contribution in [0.15, 0.2) is 0 Å². The number of nitrogens with one attached hydrogen (secondary N) is 1. The molecule has 0 bridgehead atoms. The molecule has 19 heavy (non-hydrogen) atoms. The van der Waals surface area contributed by atoms with E-state index in [0.29, 0.717) is 12.3 Å². The molecule has 0 aliphatic heterocycles. The molecule has 108 valence electrons. The number of aliphatic carboxylic acids is 1. The van der Waals surface area contributed by atoms with Crippen molar-refractivity contribution in [1.29, 1.82) is 0 Å². The summed E-state index contributed by atoms with van der Waals surface area (Å²) in [6.45, 7) is 2.18. The fourth-order valence-corrected chi connectivity index (χ4v) is 3.56. The molecular formula is C15H25NO3. The first-order valence-electron chi connectivity index (χ1n) is 7.62. The molecule has 0 unspecified atom stereocenters. The van der Waals surface area contributed by atoms with E-state index < -0.39 is 11.9 Å². The predicted molar refractivity (Wildman–Crippen MR) is 72.6 cm³/mol. The molecule has 0 aromatic rings. The van der Waals surface area contributed by atoms with E-state index in [-0.39, 0.29) is 17.9 Å². The third kappa shape index (κ3) is 3.48. The predicted octanol–water partition coefficient (Wildman–Crippen LogP) is 2.57. The van der Waals surface area contributed by atoms with Gasteiger partial charge in [-0.2, -0.15) is 0 Å². The highest BCUT2D eigenvalue weighted by molar-refractivity contribution is 5.85. The first-order valence-corrected chi connectivity index (χ1v) is 7.62. The molecular weight excluding hydrogens is 242 g/mol. The summed E-state index contributed by atoms with van der Waals surface area (Å²) in [5.74, 6) is -1.11. The van der Waals surface area contributed by atoms with Crippen LogP contribution in [0.4, 0.5) is 0 Å². The first-order chi connectivity index (χ1) is 9.09. The lowest BCUT2D eigenvalue weighted by Crippen LogP contribution is -2.47. The fourth-order valence-electron chi connectivity index (χ4n) is 3.56. The Morgan fingerprint density at radius 2 is 1.53 bits per heavy atom. The lowest BCUT2D eigenvalue weighted by Gasteiger charge is -2.33. The van der Waals surface area contributed by atoms with Gasteiger partial charge in [-0.05, 0) is 31.6 Å². The van der Waals surface area contributed by atoms with Gasteiger partial charge in [0, 0.05) is 6.04 Å².